The first-order valence-corrected chi connectivity index (χ1v) is 5.50. The third-order valence-corrected chi connectivity index (χ3v) is 2.74. The minimum Gasteiger partial charge on any atom is -0.506 e. The van der Waals surface area contributed by atoms with Crippen LogP contribution in [0.5, 0.6) is 5.75 Å². The molecule has 0 spiro atoms. The number of benzene rings is 1. The number of rotatable bonds is 3. The lowest BCUT2D eigenvalue weighted by Crippen LogP contribution is -2.10. The van der Waals surface area contributed by atoms with Gasteiger partial charge in [0.05, 0.1) is 17.4 Å². The highest BCUT2D eigenvalue weighted by Gasteiger charge is 2.12. The second kappa shape index (κ2) is 4.80. The van der Waals surface area contributed by atoms with E-state index in [0.717, 1.165) is 17.6 Å². The zero-order chi connectivity index (χ0) is 13.1. The predicted octanol–water partition coefficient (Wildman–Crippen LogP) is 1.19. The number of aromatic hydroxyl groups is 1. The van der Waals surface area contributed by atoms with Crippen LogP contribution in [0.2, 0.25) is 0 Å². The van der Waals surface area contributed by atoms with Crippen molar-refractivity contribution in [1.82, 2.24) is 9.59 Å². The van der Waals surface area contributed by atoms with E-state index in [0.29, 0.717) is 0 Å². The smallest absolute Gasteiger partial charge is 0.335 e. The van der Waals surface area contributed by atoms with Gasteiger partial charge in [-0.1, -0.05) is 4.49 Å². The first kappa shape index (κ1) is 12.0. The standard InChI is InChI=1S/C10H7N3O4S/c14-7-3-5(10(16)17)1-2-6(7)12-9(15)8-4-11-13-18-8/h1-4,14H,(H,12,15)(H,16,17). The maximum absolute atomic E-state index is 11.6. The monoisotopic (exact) mass is 265 g/mol. The van der Waals surface area contributed by atoms with Crippen LogP contribution in [0.3, 0.4) is 0 Å². The molecule has 7 nitrogen and oxygen atoms in total. The predicted molar refractivity (Wildman–Crippen MR) is 62.9 cm³/mol. The van der Waals surface area contributed by atoms with E-state index in [-0.39, 0.29) is 21.9 Å². The van der Waals surface area contributed by atoms with E-state index in [1.165, 1.54) is 18.3 Å². The highest BCUT2D eigenvalue weighted by molar-refractivity contribution is 7.07. The van der Waals surface area contributed by atoms with Gasteiger partial charge in [0, 0.05) is 0 Å². The number of carbonyl (C=O) groups is 2. The van der Waals surface area contributed by atoms with Gasteiger partial charge in [0.2, 0.25) is 0 Å². The minimum atomic E-state index is -1.16. The van der Waals surface area contributed by atoms with Gasteiger partial charge in [-0.3, -0.25) is 4.79 Å². The van der Waals surface area contributed by atoms with Crippen molar-refractivity contribution in [3.63, 3.8) is 0 Å². The van der Waals surface area contributed by atoms with Gasteiger partial charge in [0.25, 0.3) is 5.91 Å². The summed E-state index contributed by atoms with van der Waals surface area (Å²) in [4.78, 5) is 22.6. The Kier molecular flexibility index (Phi) is 3.20. The van der Waals surface area contributed by atoms with Crippen molar-refractivity contribution in [3.05, 3.63) is 34.8 Å². The Morgan fingerprint density at radius 1 is 1.33 bits per heavy atom. The summed E-state index contributed by atoms with van der Waals surface area (Å²) in [6, 6.07) is 3.65. The minimum absolute atomic E-state index is 0.0649. The van der Waals surface area contributed by atoms with Crippen molar-refractivity contribution in [2.75, 3.05) is 5.32 Å². The molecule has 0 saturated carbocycles. The van der Waals surface area contributed by atoms with Gasteiger partial charge in [-0.2, -0.15) is 0 Å². The van der Waals surface area contributed by atoms with Gasteiger partial charge >= 0.3 is 5.97 Å². The van der Waals surface area contributed by atoms with Crippen LogP contribution in [0.4, 0.5) is 5.69 Å². The van der Waals surface area contributed by atoms with E-state index in [2.05, 4.69) is 14.9 Å². The van der Waals surface area contributed by atoms with Crippen LogP contribution < -0.4 is 5.32 Å². The molecule has 0 radical (unpaired) electrons. The molecule has 0 atom stereocenters. The SMILES string of the molecule is O=C(O)c1ccc(NC(=O)c2cnns2)c(O)c1. The highest BCUT2D eigenvalue weighted by Crippen LogP contribution is 2.25. The molecule has 0 unspecified atom stereocenters. The summed E-state index contributed by atoms with van der Waals surface area (Å²) in [7, 11) is 0. The molecule has 2 rings (SSSR count). The van der Waals surface area contributed by atoms with E-state index < -0.39 is 11.9 Å². The molecule has 1 aromatic carbocycles. The molecule has 2 aromatic rings. The number of nitrogens with zero attached hydrogens (tertiary/aromatic N) is 2. The van der Waals surface area contributed by atoms with Gasteiger partial charge in [-0.25, -0.2) is 4.79 Å². The van der Waals surface area contributed by atoms with Crippen LogP contribution in [-0.4, -0.2) is 31.7 Å². The number of hydrogen-bond acceptors (Lipinski definition) is 6. The average Bonchev–Trinajstić information content (AvgIpc) is 2.85. The van der Waals surface area contributed by atoms with Gasteiger partial charge in [-0.15, -0.1) is 5.10 Å². The lowest BCUT2D eigenvalue weighted by molar-refractivity contribution is 0.0696. The number of carboxylic acids is 1. The maximum Gasteiger partial charge on any atom is 0.335 e. The summed E-state index contributed by atoms with van der Waals surface area (Å²) in [5.41, 5.74) is 0.0587. The lowest BCUT2D eigenvalue weighted by atomic mass is 10.2. The van der Waals surface area contributed by atoms with Crippen molar-refractivity contribution in [3.8, 4) is 5.75 Å². The normalized spacial score (nSPS) is 10.0. The summed E-state index contributed by atoms with van der Waals surface area (Å²) in [5.74, 6) is -1.95. The molecule has 0 aliphatic heterocycles. The second-order valence-corrected chi connectivity index (χ2v) is 4.06. The molecule has 92 valence electrons. The lowest BCUT2D eigenvalue weighted by Gasteiger charge is -2.06. The Hall–Kier alpha value is -2.48. The fourth-order valence-corrected chi connectivity index (χ4v) is 1.63. The molecule has 0 aliphatic carbocycles. The van der Waals surface area contributed by atoms with Crippen molar-refractivity contribution >= 4 is 29.1 Å². The number of carbonyl (C=O) groups excluding carboxylic acids is 1. The van der Waals surface area contributed by atoms with Crippen molar-refractivity contribution in [2.45, 2.75) is 0 Å². The van der Waals surface area contributed by atoms with Crippen LogP contribution in [0.25, 0.3) is 0 Å². The molecule has 1 heterocycles. The number of phenols is 1. The fourth-order valence-electron chi connectivity index (χ4n) is 1.22. The zero-order valence-electron chi connectivity index (χ0n) is 8.82. The van der Waals surface area contributed by atoms with Crippen LogP contribution in [0.15, 0.2) is 24.4 Å². The molecule has 8 heteroatoms. The van der Waals surface area contributed by atoms with E-state index in [1.807, 2.05) is 0 Å². The van der Waals surface area contributed by atoms with Gasteiger partial charge in [0.15, 0.2) is 0 Å². The number of nitrogens with one attached hydrogen (secondary N) is 1. The Labute approximate surface area is 105 Å². The van der Waals surface area contributed by atoms with E-state index in [4.69, 9.17) is 5.11 Å². The zero-order valence-corrected chi connectivity index (χ0v) is 9.64. The topological polar surface area (TPSA) is 112 Å². The van der Waals surface area contributed by atoms with Gasteiger partial charge < -0.3 is 15.5 Å². The molecular weight excluding hydrogens is 258 g/mol. The first-order valence-electron chi connectivity index (χ1n) is 4.73. The summed E-state index contributed by atoms with van der Waals surface area (Å²) in [5, 5.41) is 24.2. The van der Waals surface area contributed by atoms with Crippen LogP contribution >= 0.6 is 11.5 Å². The molecule has 18 heavy (non-hydrogen) atoms. The van der Waals surface area contributed by atoms with E-state index in [9.17, 15) is 14.7 Å². The summed E-state index contributed by atoms with van der Waals surface area (Å²) in [6.07, 6.45) is 1.29. The largest absolute Gasteiger partial charge is 0.506 e. The Bertz CT molecular complexity index is 597. The molecule has 0 aliphatic rings. The summed E-state index contributed by atoms with van der Waals surface area (Å²) >= 11 is 0.915. The number of anilines is 1. The highest BCUT2D eigenvalue weighted by atomic mass is 32.1. The van der Waals surface area contributed by atoms with Crippen molar-refractivity contribution in [2.24, 2.45) is 0 Å². The van der Waals surface area contributed by atoms with E-state index in [1.54, 1.807) is 0 Å². The fraction of sp³-hybridized carbons (Fsp3) is 0. The number of carboxylic acid groups (broad SMARTS) is 1. The van der Waals surface area contributed by atoms with Crippen molar-refractivity contribution in [1.29, 1.82) is 0 Å². The third-order valence-electron chi connectivity index (χ3n) is 2.08. The molecule has 3 N–H and O–H groups in total. The van der Waals surface area contributed by atoms with Gasteiger partial charge in [-0.05, 0) is 29.7 Å². The molecule has 1 amide bonds. The molecule has 0 bridgehead atoms. The number of aromatic nitrogens is 2. The van der Waals surface area contributed by atoms with E-state index >= 15 is 0 Å². The molecule has 0 saturated heterocycles. The van der Waals surface area contributed by atoms with Crippen LogP contribution in [0, 0.1) is 0 Å². The van der Waals surface area contributed by atoms with Gasteiger partial charge in [0.1, 0.15) is 10.6 Å². The third kappa shape index (κ3) is 2.43. The average molecular weight is 265 g/mol. The quantitative estimate of drug-likeness (QED) is 0.718. The number of amides is 1. The number of aromatic carboxylic acids is 1. The number of hydrogen-bond donors (Lipinski definition) is 3. The Balaban J connectivity index is 2.20. The second-order valence-electron chi connectivity index (χ2n) is 3.27. The Morgan fingerprint density at radius 2 is 2.11 bits per heavy atom. The number of phenolic OH excluding ortho intramolecular Hbond substituents is 1. The molecular formula is C10H7N3O4S. The molecule has 1 aromatic heterocycles. The summed E-state index contributed by atoms with van der Waals surface area (Å²) < 4.78 is 3.54. The summed E-state index contributed by atoms with van der Waals surface area (Å²) in [6.45, 7) is 0. The van der Waals surface area contributed by atoms with Crippen LogP contribution in [0.1, 0.15) is 20.0 Å². The van der Waals surface area contributed by atoms with Crippen LogP contribution in [-0.2, 0) is 0 Å². The first-order chi connectivity index (χ1) is 8.58. The van der Waals surface area contributed by atoms with Crippen molar-refractivity contribution < 1.29 is 19.8 Å². The maximum atomic E-state index is 11.6. The molecule has 0 fully saturated rings. The Morgan fingerprint density at radius 3 is 2.67 bits per heavy atom.